The molecule has 0 unspecified atom stereocenters. The Morgan fingerprint density at radius 1 is 0.792 bits per heavy atom. The molecule has 0 spiro atoms. The average Bonchev–Trinajstić information content (AvgIpc) is 2.64. The monoisotopic (exact) mass is 325 g/mol. The van der Waals surface area contributed by atoms with Crippen LogP contribution in [0.1, 0.15) is 5.56 Å². The van der Waals surface area contributed by atoms with Gasteiger partial charge in [0.05, 0.1) is 21.3 Å². The molecule has 3 aromatic rings. The van der Waals surface area contributed by atoms with Gasteiger partial charge in [0, 0.05) is 10.9 Å². The first-order valence-electron chi connectivity index (χ1n) is 8.03. The fourth-order valence-electron chi connectivity index (χ4n) is 3.34. The van der Waals surface area contributed by atoms with Crippen LogP contribution in [0.3, 0.4) is 0 Å². The average molecular weight is 325 g/mol. The Morgan fingerprint density at radius 3 is 2.17 bits per heavy atom. The van der Waals surface area contributed by atoms with Crippen molar-refractivity contribution in [2.24, 2.45) is 0 Å². The fourth-order valence-corrected chi connectivity index (χ4v) is 3.34. The molecule has 0 aliphatic heterocycles. The number of methoxy groups -OCH3 is 3. The van der Waals surface area contributed by atoms with Crippen LogP contribution < -0.4 is 19.5 Å². The highest BCUT2D eigenvalue weighted by molar-refractivity contribution is 6.13. The lowest BCUT2D eigenvalue weighted by Crippen LogP contribution is -2.12. The van der Waals surface area contributed by atoms with E-state index in [0.29, 0.717) is 11.5 Å². The van der Waals surface area contributed by atoms with Gasteiger partial charge in [0.2, 0.25) is 5.75 Å². The van der Waals surface area contributed by atoms with E-state index in [1.165, 1.54) is 5.39 Å². The molecule has 0 aliphatic carbocycles. The maximum absolute atomic E-state index is 5.74. The Labute approximate surface area is 142 Å². The standard InChI is InChI=1S/C20H23NO3/c1-21-12-11-16-15-10-9-13-7-5-6-8-14(13)17(15)19(23-3)20(24-4)18(16)22-2/h5-10,21H,11-12H2,1-4H3. The summed E-state index contributed by atoms with van der Waals surface area (Å²) in [5, 5.41) is 7.74. The van der Waals surface area contributed by atoms with Crippen molar-refractivity contribution < 1.29 is 14.2 Å². The zero-order valence-corrected chi connectivity index (χ0v) is 14.6. The molecule has 0 aromatic heterocycles. The van der Waals surface area contributed by atoms with Crippen molar-refractivity contribution in [1.82, 2.24) is 5.32 Å². The second-order valence-corrected chi connectivity index (χ2v) is 5.64. The third-order valence-corrected chi connectivity index (χ3v) is 4.41. The van der Waals surface area contributed by atoms with E-state index in [0.717, 1.165) is 40.4 Å². The van der Waals surface area contributed by atoms with Gasteiger partial charge in [0.15, 0.2) is 11.5 Å². The minimum Gasteiger partial charge on any atom is -0.492 e. The summed E-state index contributed by atoms with van der Waals surface area (Å²) in [6, 6.07) is 12.6. The highest BCUT2D eigenvalue weighted by Gasteiger charge is 2.22. The number of nitrogens with one attached hydrogen (secondary N) is 1. The van der Waals surface area contributed by atoms with E-state index in [4.69, 9.17) is 14.2 Å². The van der Waals surface area contributed by atoms with Crippen molar-refractivity contribution in [3.63, 3.8) is 0 Å². The lowest BCUT2D eigenvalue weighted by atomic mass is 9.94. The molecule has 4 heteroatoms. The van der Waals surface area contributed by atoms with E-state index >= 15 is 0 Å². The molecule has 0 saturated carbocycles. The van der Waals surface area contributed by atoms with Crippen molar-refractivity contribution in [3.05, 3.63) is 42.0 Å². The summed E-state index contributed by atoms with van der Waals surface area (Å²) in [7, 11) is 6.95. The lowest BCUT2D eigenvalue weighted by Gasteiger charge is -2.20. The number of likely N-dealkylation sites (N-methyl/N-ethyl adjacent to an activating group) is 1. The molecule has 24 heavy (non-hydrogen) atoms. The van der Waals surface area contributed by atoms with Crippen molar-refractivity contribution in [2.45, 2.75) is 6.42 Å². The summed E-state index contributed by atoms with van der Waals surface area (Å²) in [6.45, 7) is 0.855. The van der Waals surface area contributed by atoms with Crippen LogP contribution in [-0.4, -0.2) is 34.9 Å². The van der Waals surface area contributed by atoms with E-state index in [1.54, 1.807) is 21.3 Å². The highest BCUT2D eigenvalue weighted by atomic mass is 16.5. The van der Waals surface area contributed by atoms with Crippen molar-refractivity contribution in [2.75, 3.05) is 34.9 Å². The van der Waals surface area contributed by atoms with Gasteiger partial charge in [-0.3, -0.25) is 0 Å². The number of benzene rings is 3. The second-order valence-electron chi connectivity index (χ2n) is 5.64. The Hall–Kier alpha value is -2.46. The van der Waals surface area contributed by atoms with E-state index in [-0.39, 0.29) is 0 Å². The van der Waals surface area contributed by atoms with Gasteiger partial charge in [-0.2, -0.15) is 0 Å². The van der Waals surface area contributed by atoms with E-state index in [9.17, 15) is 0 Å². The Balaban J connectivity index is 2.49. The summed E-state index contributed by atoms with van der Waals surface area (Å²) in [5.41, 5.74) is 1.13. The topological polar surface area (TPSA) is 39.7 Å². The van der Waals surface area contributed by atoms with Gasteiger partial charge < -0.3 is 19.5 Å². The van der Waals surface area contributed by atoms with Gasteiger partial charge in [-0.1, -0.05) is 36.4 Å². The molecule has 3 rings (SSSR count). The smallest absolute Gasteiger partial charge is 0.204 e. The fraction of sp³-hybridized carbons (Fsp3) is 0.300. The van der Waals surface area contributed by atoms with Gasteiger partial charge in [0.25, 0.3) is 0 Å². The third kappa shape index (κ3) is 2.53. The lowest BCUT2D eigenvalue weighted by molar-refractivity contribution is 0.325. The van der Waals surface area contributed by atoms with Crippen molar-refractivity contribution in [1.29, 1.82) is 0 Å². The molecule has 0 bridgehead atoms. The zero-order valence-electron chi connectivity index (χ0n) is 14.6. The number of fused-ring (bicyclic) bond motifs is 3. The molecule has 0 fully saturated rings. The first-order valence-corrected chi connectivity index (χ1v) is 8.03. The number of hydrogen-bond donors (Lipinski definition) is 1. The molecular formula is C20H23NO3. The summed E-state index contributed by atoms with van der Waals surface area (Å²) in [4.78, 5) is 0. The molecule has 0 radical (unpaired) electrons. The molecule has 0 atom stereocenters. The van der Waals surface area contributed by atoms with Gasteiger partial charge in [-0.15, -0.1) is 0 Å². The summed E-state index contributed by atoms with van der Waals surface area (Å²) in [6.07, 6.45) is 0.842. The van der Waals surface area contributed by atoms with E-state index in [2.05, 4.69) is 29.6 Å². The van der Waals surface area contributed by atoms with Crippen LogP contribution in [0.25, 0.3) is 21.5 Å². The zero-order chi connectivity index (χ0) is 17.1. The molecule has 0 saturated heterocycles. The Kier molecular flexibility index (Phi) is 4.76. The summed E-state index contributed by atoms with van der Waals surface area (Å²) in [5.74, 6) is 2.11. The van der Waals surface area contributed by atoms with Gasteiger partial charge in [0.1, 0.15) is 0 Å². The van der Waals surface area contributed by atoms with Crippen LogP contribution in [0.2, 0.25) is 0 Å². The Morgan fingerprint density at radius 2 is 1.50 bits per heavy atom. The van der Waals surface area contributed by atoms with Crippen LogP contribution in [0, 0.1) is 0 Å². The minimum atomic E-state index is 0.648. The summed E-state index contributed by atoms with van der Waals surface area (Å²) < 4.78 is 17.1. The summed E-state index contributed by atoms with van der Waals surface area (Å²) >= 11 is 0. The first-order chi connectivity index (χ1) is 11.8. The molecule has 126 valence electrons. The molecule has 3 aromatic carbocycles. The number of ether oxygens (including phenoxy) is 3. The molecule has 4 nitrogen and oxygen atoms in total. The minimum absolute atomic E-state index is 0.648. The Bertz CT molecular complexity index is 874. The second kappa shape index (κ2) is 6.97. The predicted octanol–water partition coefficient (Wildman–Crippen LogP) is 3.78. The van der Waals surface area contributed by atoms with Crippen LogP contribution in [0.5, 0.6) is 17.2 Å². The number of hydrogen-bond acceptors (Lipinski definition) is 4. The maximum atomic E-state index is 5.74. The van der Waals surface area contributed by atoms with E-state index in [1.807, 2.05) is 19.2 Å². The quantitative estimate of drug-likeness (QED) is 0.700. The van der Waals surface area contributed by atoms with Crippen LogP contribution >= 0.6 is 0 Å². The molecule has 0 heterocycles. The first kappa shape index (κ1) is 16.4. The van der Waals surface area contributed by atoms with Crippen LogP contribution in [0.4, 0.5) is 0 Å². The SMILES string of the molecule is CNCCc1c(OC)c(OC)c(OC)c2c1ccc1ccccc12. The van der Waals surface area contributed by atoms with Crippen molar-refractivity contribution >= 4 is 21.5 Å². The predicted molar refractivity (Wildman–Crippen MR) is 98.7 cm³/mol. The van der Waals surface area contributed by atoms with Gasteiger partial charge in [-0.05, 0) is 36.2 Å². The largest absolute Gasteiger partial charge is 0.492 e. The van der Waals surface area contributed by atoms with E-state index < -0.39 is 0 Å². The molecule has 0 aliphatic rings. The van der Waals surface area contributed by atoms with Crippen LogP contribution in [-0.2, 0) is 6.42 Å². The normalized spacial score (nSPS) is 11.0. The van der Waals surface area contributed by atoms with Gasteiger partial charge >= 0.3 is 0 Å². The molecule has 0 amide bonds. The van der Waals surface area contributed by atoms with Crippen LogP contribution in [0.15, 0.2) is 36.4 Å². The maximum Gasteiger partial charge on any atom is 0.204 e. The van der Waals surface area contributed by atoms with Crippen molar-refractivity contribution in [3.8, 4) is 17.2 Å². The number of rotatable bonds is 6. The third-order valence-electron chi connectivity index (χ3n) is 4.41. The van der Waals surface area contributed by atoms with Gasteiger partial charge in [-0.25, -0.2) is 0 Å². The molecular weight excluding hydrogens is 302 g/mol. The highest BCUT2D eigenvalue weighted by Crippen LogP contribution is 2.48. The molecule has 1 N–H and O–H groups in total.